The lowest BCUT2D eigenvalue weighted by atomic mass is 10.3. The van der Waals surface area contributed by atoms with Gasteiger partial charge in [-0.15, -0.1) is 0 Å². The van der Waals surface area contributed by atoms with Crippen LogP contribution in [0.25, 0.3) is 0 Å². The number of hydrogen-bond donors (Lipinski definition) is 1. The summed E-state index contributed by atoms with van der Waals surface area (Å²) in [4.78, 5) is 0. The van der Waals surface area contributed by atoms with E-state index in [1.807, 2.05) is 30.3 Å². The zero-order valence-corrected chi connectivity index (χ0v) is 10.3. The fourth-order valence-electron chi connectivity index (χ4n) is 1.36. The Bertz CT molecular complexity index is 343. The smallest absolute Gasteiger partial charge is 0.418 e. The van der Waals surface area contributed by atoms with E-state index < -0.39 is 7.25 Å². The average molecular weight is 284 g/mol. The first kappa shape index (κ1) is 15.2. The van der Waals surface area contributed by atoms with E-state index in [9.17, 15) is 22.4 Å². The van der Waals surface area contributed by atoms with Crippen molar-refractivity contribution in [1.82, 2.24) is 0 Å². The normalized spacial score (nSPS) is 23.2. The lowest BCUT2D eigenvalue weighted by Gasteiger charge is -2.04. The maximum Gasteiger partial charge on any atom is 0.673 e. The predicted molar refractivity (Wildman–Crippen MR) is 64.7 cm³/mol. The van der Waals surface area contributed by atoms with E-state index in [0.717, 1.165) is 24.3 Å². The molecular weight excluding hydrogens is 271 g/mol. The Labute approximate surface area is 106 Å². The summed E-state index contributed by atoms with van der Waals surface area (Å²) >= 11 is -0.267. The third kappa shape index (κ3) is 6.75. The van der Waals surface area contributed by atoms with E-state index in [1.165, 1.54) is 0 Å². The molecule has 102 valence electrons. The van der Waals surface area contributed by atoms with Crippen molar-refractivity contribution < 1.29 is 26.6 Å². The van der Waals surface area contributed by atoms with Gasteiger partial charge in [-0.05, 0) is 12.1 Å². The van der Waals surface area contributed by atoms with Crippen molar-refractivity contribution in [1.29, 1.82) is 0 Å². The van der Waals surface area contributed by atoms with Crippen LogP contribution >= 0.6 is 0 Å². The molecule has 0 amide bonds. The topological polar surface area (TPSA) is 29.5 Å². The summed E-state index contributed by atoms with van der Waals surface area (Å²) in [6.45, 7) is 0. The van der Waals surface area contributed by atoms with Crippen molar-refractivity contribution in [2.24, 2.45) is 0 Å². The van der Waals surface area contributed by atoms with Crippen molar-refractivity contribution in [3.05, 3.63) is 30.3 Å². The standard InChI is InChI=1S/C10H13O2S.BF4/c11-10-7-4-8-13(10)12-9-5-2-1-3-6-9;2-1(3,4)5/h1-3,5-6,10-11H,4,7-8H2;/q+1;-1. The lowest BCUT2D eigenvalue weighted by molar-refractivity contribution is 0.251. The highest BCUT2D eigenvalue weighted by atomic mass is 32.2. The van der Waals surface area contributed by atoms with Gasteiger partial charge in [-0.1, -0.05) is 18.2 Å². The number of aliphatic hydroxyl groups is 1. The quantitative estimate of drug-likeness (QED) is 0.514. The zero-order valence-electron chi connectivity index (χ0n) is 9.44. The maximum absolute atomic E-state index is 9.75. The molecule has 1 aliphatic rings. The van der Waals surface area contributed by atoms with Crippen LogP contribution in [0.2, 0.25) is 0 Å². The Balaban J connectivity index is 0.000000280. The molecule has 1 saturated heterocycles. The molecule has 2 nitrogen and oxygen atoms in total. The molecule has 2 rings (SSSR count). The van der Waals surface area contributed by atoms with Gasteiger partial charge in [0, 0.05) is 12.8 Å². The van der Waals surface area contributed by atoms with Crippen LogP contribution in [-0.2, 0) is 11.2 Å². The maximum atomic E-state index is 9.75. The molecule has 1 fully saturated rings. The Morgan fingerprint density at radius 3 is 2.17 bits per heavy atom. The van der Waals surface area contributed by atoms with Crippen molar-refractivity contribution in [3.63, 3.8) is 0 Å². The second kappa shape index (κ2) is 6.89. The molecule has 0 bridgehead atoms. The summed E-state index contributed by atoms with van der Waals surface area (Å²) in [5.41, 5.74) is -0.250. The molecule has 18 heavy (non-hydrogen) atoms. The van der Waals surface area contributed by atoms with E-state index in [4.69, 9.17) is 4.18 Å². The van der Waals surface area contributed by atoms with Crippen molar-refractivity contribution in [2.75, 3.05) is 5.75 Å². The van der Waals surface area contributed by atoms with E-state index >= 15 is 0 Å². The van der Waals surface area contributed by atoms with Crippen molar-refractivity contribution in [3.8, 4) is 5.75 Å². The number of benzene rings is 1. The molecule has 1 aromatic rings. The highest BCUT2D eigenvalue weighted by molar-refractivity contribution is 7.93. The van der Waals surface area contributed by atoms with Gasteiger partial charge in [0.1, 0.15) is 0 Å². The van der Waals surface area contributed by atoms with E-state index in [2.05, 4.69) is 0 Å². The van der Waals surface area contributed by atoms with Crippen LogP contribution in [0.5, 0.6) is 5.75 Å². The summed E-state index contributed by atoms with van der Waals surface area (Å²) in [6.07, 6.45) is 1.97. The van der Waals surface area contributed by atoms with Gasteiger partial charge in [-0.25, -0.2) is 0 Å². The van der Waals surface area contributed by atoms with Crippen LogP contribution in [0.15, 0.2) is 30.3 Å². The fraction of sp³-hybridized carbons (Fsp3) is 0.400. The largest absolute Gasteiger partial charge is 0.673 e. The fourth-order valence-corrected chi connectivity index (χ4v) is 3.07. The van der Waals surface area contributed by atoms with Gasteiger partial charge in [0.05, 0.1) is 0 Å². The van der Waals surface area contributed by atoms with E-state index in [0.29, 0.717) is 0 Å². The van der Waals surface area contributed by atoms with Crippen LogP contribution in [0.4, 0.5) is 17.3 Å². The molecule has 0 radical (unpaired) electrons. The minimum Gasteiger partial charge on any atom is -0.418 e. The van der Waals surface area contributed by atoms with Crippen LogP contribution < -0.4 is 4.18 Å². The third-order valence-electron chi connectivity index (χ3n) is 2.05. The second-order valence-corrected chi connectivity index (χ2v) is 5.45. The molecule has 0 aromatic heterocycles. The molecule has 0 aliphatic carbocycles. The van der Waals surface area contributed by atoms with E-state index in [1.54, 1.807) is 0 Å². The Kier molecular flexibility index (Phi) is 5.81. The first-order chi connectivity index (χ1) is 8.36. The second-order valence-electron chi connectivity index (χ2n) is 3.57. The molecule has 1 N–H and O–H groups in total. The van der Waals surface area contributed by atoms with Gasteiger partial charge >= 0.3 is 7.25 Å². The molecule has 1 aromatic carbocycles. The van der Waals surface area contributed by atoms with Crippen LogP contribution in [-0.4, -0.2) is 23.5 Å². The number of rotatable bonds is 2. The SMILES string of the molecule is F[B-](F)(F)F.OC1CCC[S+]1Oc1ccccc1. The van der Waals surface area contributed by atoms with Gasteiger partial charge in [-0.3, -0.25) is 4.18 Å². The third-order valence-corrected chi connectivity index (χ3v) is 3.99. The number of para-hydroxylation sites is 1. The predicted octanol–water partition coefficient (Wildman–Crippen LogP) is 3.01. The van der Waals surface area contributed by atoms with Gasteiger partial charge in [0.15, 0.2) is 11.5 Å². The molecule has 2 atom stereocenters. The van der Waals surface area contributed by atoms with Gasteiger partial charge in [0.25, 0.3) is 5.44 Å². The lowest BCUT2D eigenvalue weighted by Crippen LogP contribution is -2.21. The van der Waals surface area contributed by atoms with Crippen molar-refractivity contribution >= 4 is 18.4 Å². The van der Waals surface area contributed by atoms with E-state index in [-0.39, 0.29) is 16.6 Å². The van der Waals surface area contributed by atoms with Crippen LogP contribution in [0.1, 0.15) is 12.8 Å². The number of hydrogen-bond acceptors (Lipinski definition) is 2. The Hall–Kier alpha value is -0.885. The van der Waals surface area contributed by atoms with Gasteiger partial charge < -0.3 is 22.4 Å². The van der Waals surface area contributed by atoms with Crippen LogP contribution in [0.3, 0.4) is 0 Å². The van der Waals surface area contributed by atoms with Crippen molar-refractivity contribution in [2.45, 2.75) is 18.3 Å². The minimum atomic E-state index is -6.00. The zero-order chi connectivity index (χ0) is 13.6. The summed E-state index contributed by atoms with van der Waals surface area (Å²) < 4.78 is 44.7. The molecular formula is C10H13BF4O2S. The molecule has 2 unspecified atom stereocenters. The summed E-state index contributed by atoms with van der Waals surface area (Å²) in [7, 11) is -6.00. The molecule has 1 aliphatic heterocycles. The number of halogens is 4. The number of aliphatic hydroxyl groups excluding tert-OH is 1. The molecule has 8 heteroatoms. The minimum absolute atomic E-state index is 0.250. The van der Waals surface area contributed by atoms with Crippen LogP contribution in [0, 0.1) is 0 Å². The average Bonchev–Trinajstić information content (AvgIpc) is 2.64. The first-order valence-corrected chi connectivity index (χ1v) is 6.73. The molecule has 0 saturated carbocycles. The Morgan fingerprint density at radius 2 is 1.72 bits per heavy atom. The highest BCUT2D eigenvalue weighted by Crippen LogP contribution is 2.24. The highest BCUT2D eigenvalue weighted by Gasteiger charge is 2.38. The summed E-state index contributed by atoms with van der Waals surface area (Å²) in [5, 5.41) is 9.54. The van der Waals surface area contributed by atoms with Gasteiger partial charge in [-0.2, -0.15) is 0 Å². The molecule has 1 heterocycles. The molecule has 0 spiro atoms. The summed E-state index contributed by atoms with van der Waals surface area (Å²) in [5.74, 6) is 1.86. The van der Waals surface area contributed by atoms with Gasteiger partial charge in [0.2, 0.25) is 11.2 Å². The summed E-state index contributed by atoms with van der Waals surface area (Å²) in [6, 6.07) is 9.71. The monoisotopic (exact) mass is 284 g/mol. The Morgan fingerprint density at radius 1 is 1.17 bits per heavy atom. The first-order valence-electron chi connectivity index (χ1n) is 5.35.